The third-order valence-corrected chi connectivity index (χ3v) is 11.7. The highest BCUT2D eigenvalue weighted by Crippen LogP contribution is 2.54. The van der Waals surface area contributed by atoms with Gasteiger partial charge in [-0.15, -0.1) is 0 Å². The van der Waals surface area contributed by atoms with Crippen LogP contribution in [-0.4, -0.2) is 101 Å². The van der Waals surface area contributed by atoms with Gasteiger partial charge in [-0.05, 0) is 55.9 Å². The first-order valence-electron chi connectivity index (χ1n) is 17.9. The first kappa shape index (κ1) is 36.8. The Morgan fingerprint density at radius 1 is 1.00 bits per heavy atom. The second kappa shape index (κ2) is 14.2. The van der Waals surface area contributed by atoms with E-state index in [-0.39, 0.29) is 61.6 Å². The molecule has 0 bridgehead atoms. The molecule has 4 amide bonds. The van der Waals surface area contributed by atoms with Crippen LogP contribution in [-0.2, 0) is 25.7 Å². The molecule has 2 aliphatic carbocycles. The number of amides is 4. The van der Waals surface area contributed by atoms with Crippen LogP contribution in [0, 0.1) is 34.5 Å². The minimum atomic E-state index is -4.20. The van der Waals surface area contributed by atoms with Gasteiger partial charge >= 0.3 is 6.18 Å². The molecular weight excluding hydrogens is 665 g/mol. The lowest BCUT2D eigenvalue weighted by atomic mass is 9.70. The van der Waals surface area contributed by atoms with Crippen LogP contribution in [0.3, 0.4) is 0 Å². The summed E-state index contributed by atoms with van der Waals surface area (Å²) in [5, 5.41) is 9.86. The summed E-state index contributed by atoms with van der Waals surface area (Å²) in [6, 6.07) is 8.68. The maximum atomic E-state index is 14.2. The van der Waals surface area contributed by atoms with Gasteiger partial charge in [-0.2, -0.15) is 18.3 Å². The zero-order valence-corrected chi connectivity index (χ0v) is 29.7. The van der Waals surface area contributed by atoms with E-state index in [1.165, 1.54) is 13.2 Å². The molecule has 0 unspecified atom stereocenters. The molecule has 2 N–H and O–H groups in total. The minimum Gasteiger partial charge on any atom is -0.376 e. The molecule has 1 spiro atoms. The van der Waals surface area contributed by atoms with Crippen LogP contribution >= 0.6 is 0 Å². The fourth-order valence-electron chi connectivity index (χ4n) is 8.14. The Hall–Kier alpha value is -3.94. The second-order valence-electron chi connectivity index (χ2n) is 15.9. The highest BCUT2D eigenvalue weighted by Gasteiger charge is 2.62. The van der Waals surface area contributed by atoms with E-state index in [9.17, 15) is 32.3 Å². The largest absolute Gasteiger partial charge is 0.391 e. The van der Waals surface area contributed by atoms with Gasteiger partial charge in [-0.25, -0.2) is 0 Å². The van der Waals surface area contributed by atoms with Crippen molar-refractivity contribution < 1.29 is 37.1 Å². The predicted octanol–water partition coefficient (Wildman–Crippen LogP) is 3.88. The van der Waals surface area contributed by atoms with Crippen molar-refractivity contribution in [1.29, 1.82) is 0 Å². The van der Waals surface area contributed by atoms with E-state index in [2.05, 4.69) is 29.6 Å². The fraction of sp³-hybridized carbons (Fsp3) is 0.649. The highest BCUT2D eigenvalue weighted by molar-refractivity contribution is 5.95. The Labute approximate surface area is 296 Å². The SMILES string of the molecule is CNC(=O)[C@@H](NC(=O)[C@@H]1CN(C(=O)c2cnn(Cc3ccccc3)c2)CC12CN(C(=O)[C@H]1CC1(C)C)C2)[C@@H](C)OCC1CCC(C(F)(F)F)CC1. The zero-order chi connectivity index (χ0) is 36.7. The monoisotopic (exact) mass is 714 g/mol. The summed E-state index contributed by atoms with van der Waals surface area (Å²) in [5.41, 5.74) is 0.682. The molecule has 1 aromatic carbocycles. The van der Waals surface area contributed by atoms with Crippen LogP contribution in [0.2, 0.25) is 0 Å². The number of benzene rings is 1. The van der Waals surface area contributed by atoms with Crippen molar-refractivity contribution >= 4 is 23.6 Å². The second-order valence-corrected chi connectivity index (χ2v) is 15.9. The third kappa shape index (κ3) is 7.95. The maximum Gasteiger partial charge on any atom is 0.391 e. The molecule has 0 radical (unpaired) electrons. The summed E-state index contributed by atoms with van der Waals surface area (Å²) >= 11 is 0. The van der Waals surface area contributed by atoms with Gasteiger partial charge < -0.3 is 25.2 Å². The van der Waals surface area contributed by atoms with Crippen LogP contribution < -0.4 is 10.6 Å². The molecule has 4 aliphatic rings. The van der Waals surface area contributed by atoms with Gasteiger partial charge in [-0.1, -0.05) is 44.2 Å². The number of carbonyl (C=O) groups excluding carboxylic acids is 4. The number of rotatable bonds is 11. The van der Waals surface area contributed by atoms with Gasteiger partial charge in [0.25, 0.3) is 5.91 Å². The maximum absolute atomic E-state index is 14.2. The Morgan fingerprint density at radius 2 is 1.65 bits per heavy atom. The minimum absolute atomic E-state index is 0.0477. The van der Waals surface area contributed by atoms with Crippen molar-refractivity contribution in [2.75, 3.05) is 39.8 Å². The molecule has 6 rings (SSSR count). The number of alkyl halides is 3. The summed E-state index contributed by atoms with van der Waals surface area (Å²) < 4.78 is 47.2. The molecule has 11 nitrogen and oxygen atoms in total. The van der Waals surface area contributed by atoms with Crippen molar-refractivity contribution in [1.82, 2.24) is 30.2 Å². The Kier molecular flexibility index (Phi) is 10.3. The number of nitrogens with zero attached hydrogens (tertiary/aromatic N) is 4. The highest BCUT2D eigenvalue weighted by atomic mass is 19.4. The quantitative estimate of drug-likeness (QED) is 0.364. The molecule has 51 heavy (non-hydrogen) atoms. The Morgan fingerprint density at radius 3 is 2.25 bits per heavy atom. The van der Waals surface area contributed by atoms with E-state index in [1.54, 1.807) is 27.6 Å². The van der Waals surface area contributed by atoms with E-state index in [0.717, 1.165) is 12.0 Å². The summed E-state index contributed by atoms with van der Waals surface area (Å²) in [6.45, 7) is 7.47. The van der Waals surface area contributed by atoms with E-state index in [4.69, 9.17) is 4.74 Å². The average Bonchev–Trinajstić information content (AvgIpc) is 3.39. The summed E-state index contributed by atoms with van der Waals surface area (Å²) in [4.78, 5) is 57.8. The molecule has 4 atom stereocenters. The smallest absolute Gasteiger partial charge is 0.376 e. The van der Waals surface area contributed by atoms with Crippen LogP contribution in [0.4, 0.5) is 13.2 Å². The number of likely N-dealkylation sites (tertiary alicyclic amines) is 2. The number of halogens is 3. The van der Waals surface area contributed by atoms with Gasteiger partial charge in [-0.3, -0.25) is 23.9 Å². The fourth-order valence-corrected chi connectivity index (χ4v) is 8.14. The summed E-state index contributed by atoms with van der Waals surface area (Å²) in [7, 11) is 1.46. The molecule has 1 aromatic heterocycles. The van der Waals surface area contributed by atoms with Crippen molar-refractivity contribution in [3.63, 3.8) is 0 Å². The van der Waals surface area contributed by atoms with Crippen molar-refractivity contribution in [3.05, 3.63) is 53.9 Å². The Balaban J connectivity index is 1.13. The number of ether oxygens (including phenoxy) is 1. The standard InChI is InChI=1S/C37H49F3N6O5/c1-23(51-19-25-10-12-27(13-11-25)37(38,39)40)30(32(48)41-4)43-31(47)29-18-44(20-36(29)21-45(22-36)34(50)28-14-35(28,2)3)33(49)26-15-42-46(17-26)16-24-8-6-5-7-9-24/h5-9,15,17,23,25,27-30H,10-14,16,18-22H2,1-4H3,(H,41,48)(H,43,47)/t23-,25?,27?,28-,29+,30+/m1/s1. The molecule has 4 fully saturated rings. The molecule has 2 aliphatic heterocycles. The van der Waals surface area contributed by atoms with Crippen LogP contribution in [0.15, 0.2) is 42.7 Å². The summed E-state index contributed by atoms with van der Waals surface area (Å²) in [6.07, 6.45) is -0.0948. The average molecular weight is 715 g/mol. The van der Waals surface area contributed by atoms with Crippen LogP contribution in [0.1, 0.15) is 68.8 Å². The topological polar surface area (TPSA) is 126 Å². The van der Waals surface area contributed by atoms with Crippen LogP contribution in [0.25, 0.3) is 0 Å². The summed E-state index contributed by atoms with van der Waals surface area (Å²) in [5.74, 6) is -3.22. The van der Waals surface area contributed by atoms with Crippen LogP contribution in [0.5, 0.6) is 0 Å². The molecule has 14 heteroatoms. The van der Waals surface area contributed by atoms with E-state index in [0.29, 0.717) is 38.0 Å². The number of nitrogens with one attached hydrogen (secondary N) is 2. The lowest BCUT2D eigenvalue weighted by Crippen LogP contribution is -2.65. The molecular formula is C37H49F3N6O5. The predicted molar refractivity (Wildman–Crippen MR) is 181 cm³/mol. The number of hydrogen-bond donors (Lipinski definition) is 2. The Bertz CT molecular complexity index is 1600. The van der Waals surface area contributed by atoms with Gasteiger partial charge in [0.15, 0.2) is 0 Å². The van der Waals surface area contributed by atoms with Gasteiger partial charge in [0.1, 0.15) is 6.04 Å². The third-order valence-electron chi connectivity index (χ3n) is 11.7. The van der Waals surface area contributed by atoms with Gasteiger partial charge in [0.05, 0.1) is 36.2 Å². The molecule has 2 aromatic rings. The van der Waals surface area contributed by atoms with E-state index >= 15 is 0 Å². The van der Waals surface area contributed by atoms with Crippen molar-refractivity contribution in [2.24, 2.45) is 34.5 Å². The zero-order valence-electron chi connectivity index (χ0n) is 29.7. The van der Waals surface area contributed by atoms with E-state index < -0.39 is 47.4 Å². The number of aromatic nitrogens is 2. The van der Waals surface area contributed by atoms with Gasteiger partial charge in [0.2, 0.25) is 17.7 Å². The number of hydrogen-bond acceptors (Lipinski definition) is 6. The van der Waals surface area contributed by atoms with E-state index in [1.807, 2.05) is 30.3 Å². The first-order chi connectivity index (χ1) is 24.1. The number of carbonyl (C=O) groups is 4. The molecule has 2 saturated carbocycles. The lowest BCUT2D eigenvalue weighted by Gasteiger charge is -2.50. The first-order valence-corrected chi connectivity index (χ1v) is 17.9. The van der Waals surface area contributed by atoms with Crippen molar-refractivity contribution in [2.45, 2.75) is 77.7 Å². The molecule has 278 valence electrons. The molecule has 3 heterocycles. The lowest BCUT2D eigenvalue weighted by molar-refractivity contribution is -0.185. The van der Waals surface area contributed by atoms with Gasteiger partial charge in [0, 0.05) is 57.4 Å². The number of likely N-dealkylation sites (N-methyl/N-ethyl adjacent to an activating group) is 1. The molecule has 2 saturated heterocycles. The normalized spacial score (nSPS) is 26.3. The van der Waals surface area contributed by atoms with Crippen molar-refractivity contribution in [3.8, 4) is 0 Å².